The Labute approximate surface area is 147 Å². The minimum absolute atomic E-state index is 0.00169. The second-order valence-electron chi connectivity index (χ2n) is 6.67. The van der Waals surface area contributed by atoms with E-state index in [1.807, 2.05) is 26.0 Å². The molecular formula is C17H26N6O2. The normalized spacial score (nSPS) is 18.0. The monoisotopic (exact) mass is 346 g/mol. The summed E-state index contributed by atoms with van der Waals surface area (Å²) in [6, 6.07) is 3.83. The van der Waals surface area contributed by atoms with E-state index in [4.69, 9.17) is 4.74 Å². The quantitative estimate of drug-likeness (QED) is 0.760. The van der Waals surface area contributed by atoms with E-state index in [1.54, 1.807) is 10.8 Å². The van der Waals surface area contributed by atoms with Crippen molar-refractivity contribution < 1.29 is 9.53 Å². The number of piperidine rings is 1. The number of aromatic nitrogens is 4. The van der Waals surface area contributed by atoms with Crippen LogP contribution >= 0.6 is 0 Å². The second-order valence-corrected chi connectivity index (χ2v) is 6.67. The van der Waals surface area contributed by atoms with E-state index in [1.165, 1.54) is 0 Å². The molecule has 3 heterocycles. The summed E-state index contributed by atoms with van der Waals surface area (Å²) in [6.07, 6.45) is 4.56. The molecule has 0 radical (unpaired) electrons. The molecule has 1 N–H and O–H groups in total. The van der Waals surface area contributed by atoms with E-state index in [2.05, 4.69) is 25.5 Å². The molecule has 1 amide bonds. The number of nitrogens with one attached hydrogen (secondary N) is 1. The first-order valence-corrected chi connectivity index (χ1v) is 8.95. The molecule has 0 saturated carbocycles. The molecule has 0 aromatic carbocycles. The summed E-state index contributed by atoms with van der Waals surface area (Å²) in [5, 5.41) is 15.4. The van der Waals surface area contributed by atoms with E-state index < -0.39 is 0 Å². The molecule has 8 heteroatoms. The number of carbonyl (C=O) groups is 1. The maximum absolute atomic E-state index is 12.4. The van der Waals surface area contributed by atoms with Crippen molar-refractivity contribution in [3.63, 3.8) is 0 Å². The van der Waals surface area contributed by atoms with Crippen LogP contribution in [-0.4, -0.2) is 58.1 Å². The number of hydrogen-bond acceptors (Lipinski definition) is 6. The fraction of sp³-hybridized carbons (Fsp3) is 0.647. The van der Waals surface area contributed by atoms with Gasteiger partial charge in [0, 0.05) is 26.2 Å². The predicted octanol–water partition coefficient (Wildman–Crippen LogP) is 1.27. The van der Waals surface area contributed by atoms with Crippen LogP contribution in [-0.2, 0) is 9.53 Å². The van der Waals surface area contributed by atoms with Gasteiger partial charge in [-0.3, -0.25) is 4.79 Å². The Balaban J connectivity index is 1.51. The Hall–Kier alpha value is -2.22. The van der Waals surface area contributed by atoms with E-state index >= 15 is 0 Å². The molecule has 1 atom stereocenters. The van der Waals surface area contributed by atoms with Crippen molar-refractivity contribution >= 4 is 17.4 Å². The van der Waals surface area contributed by atoms with Crippen molar-refractivity contribution in [1.82, 2.24) is 25.1 Å². The molecule has 3 rings (SSSR count). The van der Waals surface area contributed by atoms with Crippen molar-refractivity contribution in [2.24, 2.45) is 5.92 Å². The third-order valence-electron chi connectivity index (χ3n) is 4.34. The minimum atomic E-state index is -0.00169. The summed E-state index contributed by atoms with van der Waals surface area (Å²) in [7, 11) is 0. The highest BCUT2D eigenvalue weighted by Gasteiger charge is 2.26. The van der Waals surface area contributed by atoms with Crippen LogP contribution in [0.2, 0.25) is 0 Å². The lowest BCUT2D eigenvalue weighted by Gasteiger charge is -2.32. The van der Waals surface area contributed by atoms with Crippen LogP contribution in [0, 0.1) is 5.92 Å². The molecule has 0 aliphatic carbocycles. The maximum Gasteiger partial charge on any atom is 0.224 e. The summed E-state index contributed by atoms with van der Waals surface area (Å²) >= 11 is 0. The first-order valence-electron chi connectivity index (χ1n) is 8.95. The Morgan fingerprint density at radius 3 is 3.16 bits per heavy atom. The lowest BCUT2D eigenvalue weighted by molar-refractivity contribution is -0.125. The fourth-order valence-electron chi connectivity index (χ4n) is 3.03. The number of amides is 1. The Morgan fingerprint density at radius 2 is 2.32 bits per heavy atom. The highest BCUT2D eigenvalue weighted by atomic mass is 16.5. The van der Waals surface area contributed by atoms with E-state index in [0.717, 1.165) is 37.3 Å². The van der Waals surface area contributed by atoms with Gasteiger partial charge in [-0.2, -0.15) is 4.52 Å². The molecule has 0 unspecified atom stereocenters. The summed E-state index contributed by atoms with van der Waals surface area (Å²) in [6.45, 7) is 6.97. The van der Waals surface area contributed by atoms with E-state index in [0.29, 0.717) is 19.7 Å². The third-order valence-corrected chi connectivity index (χ3v) is 4.34. The van der Waals surface area contributed by atoms with Crippen molar-refractivity contribution in [2.75, 3.05) is 31.1 Å². The van der Waals surface area contributed by atoms with Crippen molar-refractivity contribution in [3.05, 3.63) is 18.5 Å². The second kappa shape index (κ2) is 8.24. The minimum Gasteiger partial charge on any atom is -0.379 e. The standard InChI is InChI=1S/C17H26N6O2/c1-13(2)25-10-4-8-18-17(24)14-5-3-9-22(11-14)16-7-6-15-20-19-12-23(15)21-16/h6-7,12-14H,3-5,8-11H2,1-2H3,(H,18,24)/t14-/m1/s1. The topological polar surface area (TPSA) is 84.6 Å². The number of rotatable bonds is 7. The van der Waals surface area contributed by atoms with Gasteiger partial charge in [-0.1, -0.05) is 0 Å². The van der Waals surface area contributed by atoms with E-state index in [9.17, 15) is 4.79 Å². The Morgan fingerprint density at radius 1 is 1.44 bits per heavy atom. The van der Waals surface area contributed by atoms with Crippen LogP contribution in [0.15, 0.2) is 18.5 Å². The molecule has 8 nitrogen and oxygen atoms in total. The smallest absolute Gasteiger partial charge is 0.224 e. The zero-order valence-corrected chi connectivity index (χ0v) is 14.9. The SMILES string of the molecule is CC(C)OCCCNC(=O)[C@@H]1CCCN(c2ccc3nncn3n2)C1. The average molecular weight is 346 g/mol. The summed E-state index contributed by atoms with van der Waals surface area (Å²) in [5.41, 5.74) is 0.721. The number of ether oxygens (including phenoxy) is 1. The van der Waals surface area contributed by atoms with Crippen molar-refractivity contribution in [3.8, 4) is 0 Å². The van der Waals surface area contributed by atoms with Gasteiger partial charge in [0.1, 0.15) is 12.1 Å². The van der Waals surface area contributed by atoms with Gasteiger partial charge in [0.15, 0.2) is 5.65 Å². The molecule has 1 aliphatic heterocycles. The number of nitrogens with zero attached hydrogens (tertiary/aromatic N) is 5. The van der Waals surface area contributed by atoms with Gasteiger partial charge in [0.25, 0.3) is 0 Å². The van der Waals surface area contributed by atoms with Crippen molar-refractivity contribution in [2.45, 2.75) is 39.2 Å². The van der Waals surface area contributed by atoms with Gasteiger partial charge >= 0.3 is 0 Å². The molecular weight excluding hydrogens is 320 g/mol. The van der Waals surface area contributed by atoms with Gasteiger partial charge in [0.2, 0.25) is 5.91 Å². The first-order chi connectivity index (χ1) is 12.1. The molecule has 0 spiro atoms. The van der Waals surface area contributed by atoms with Gasteiger partial charge in [-0.05, 0) is 45.2 Å². The van der Waals surface area contributed by atoms with Crippen LogP contribution in [0.4, 0.5) is 5.82 Å². The number of anilines is 1. The van der Waals surface area contributed by atoms with Gasteiger partial charge < -0.3 is 15.0 Å². The highest BCUT2D eigenvalue weighted by molar-refractivity contribution is 5.79. The van der Waals surface area contributed by atoms with Gasteiger partial charge in [0.05, 0.1) is 12.0 Å². The lowest BCUT2D eigenvalue weighted by atomic mass is 9.97. The van der Waals surface area contributed by atoms with Crippen LogP contribution in [0.25, 0.3) is 5.65 Å². The molecule has 136 valence electrons. The number of hydrogen-bond donors (Lipinski definition) is 1. The zero-order chi connectivity index (χ0) is 17.6. The fourth-order valence-corrected chi connectivity index (χ4v) is 3.03. The Bertz CT molecular complexity index is 701. The molecule has 1 saturated heterocycles. The average Bonchev–Trinajstić information content (AvgIpc) is 3.09. The molecule has 1 aliphatic rings. The molecule has 0 bridgehead atoms. The zero-order valence-electron chi connectivity index (χ0n) is 14.9. The van der Waals surface area contributed by atoms with E-state index in [-0.39, 0.29) is 17.9 Å². The van der Waals surface area contributed by atoms with Gasteiger partial charge in [-0.15, -0.1) is 15.3 Å². The summed E-state index contributed by atoms with van der Waals surface area (Å²) in [4.78, 5) is 14.6. The third kappa shape index (κ3) is 4.66. The predicted molar refractivity (Wildman–Crippen MR) is 94.4 cm³/mol. The largest absolute Gasteiger partial charge is 0.379 e. The van der Waals surface area contributed by atoms with Crippen LogP contribution in [0.5, 0.6) is 0 Å². The molecule has 2 aromatic rings. The highest BCUT2D eigenvalue weighted by Crippen LogP contribution is 2.21. The Kier molecular flexibility index (Phi) is 5.80. The molecule has 1 fully saturated rings. The van der Waals surface area contributed by atoms with Gasteiger partial charge in [-0.25, -0.2) is 0 Å². The first kappa shape index (κ1) is 17.6. The lowest BCUT2D eigenvalue weighted by Crippen LogP contribution is -2.43. The number of carbonyl (C=O) groups excluding carboxylic acids is 1. The van der Waals surface area contributed by atoms with Crippen LogP contribution < -0.4 is 10.2 Å². The summed E-state index contributed by atoms with van der Waals surface area (Å²) < 4.78 is 7.15. The van der Waals surface area contributed by atoms with Crippen LogP contribution in [0.3, 0.4) is 0 Å². The maximum atomic E-state index is 12.4. The molecule has 25 heavy (non-hydrogen) atoms. The number of fused-ring (bicyclic) bond motifs is 1. The summed E-state index contributed by atoms with van der Waals surface area (Å²) in [5.74, 6) is 0.980. The van der Waals surface area contributed by atoms with Crippen LogP contribution in [0.1, 0.15) is 33.1 Å². The van der Waals surface area contributed by atoms with Crippen molar-refractivity contribution in [1.29, 1.82) is 0 Å². The molecule has 2 aromatic heterocycles.